The van der Waals surface area contributed by atoms with Crippen LogP contribution in [-0.4, -0.2) is 23.7 Å². The van der Waals surface area contributed by atoms with Crippen LogP contribution in [0.5, 0.6) is 0 Å². The third-order valence-electron chi connectivity index (χ3n) is 0.841. The third-order valence-corrected chi connectivity index (χ3v) is 0.841. The minimum atomic E-state index is -1.06. The van der Waals surface area contributed by atoms with E-state index in [4.69, 9.17) is 10.4 Å². The summed E-state index contributed by atoms with van der Waals surface area (Å²) in [6.45, 7) is -0.321. The maximum Gasteiger partial charge on any atom is 0.307 e. The molecule has 0 rings (SSSR count). The number of carboxylic acids is 1. The van der Waals surface area contributed by atoms with Gasteiger partial charge >= 0.3 is 11.9 Å². The molecule has 0 unspecified atom stereocenters. The molecule has 0 aliphatic heterocycles. The predicted molar refractivity (Wildman–Crippen MR) is 33.4 cm³/mol. The van der Waals surface area contributed by atoms with Gasteiger partial charge < -0.3 is 9.84 Å². The van der Waals surface area contributed by atoms with Crippen molar-refractivity contribution >= 4 is 11.9 Å². The summed E-state index contributed by atoms with van der Waals surface area (Å²) in [5.41, 5.74) is 0. The van der Waals surface area contributed by atoms with Crippen LogP contribution in [0.1, 0.15) is 12.8 Å². The molecule has 11 heavy (non-hydrogen) atoms. The lowest BCUT2D eigenvalue weighted by Gasteiger charge is -1.95. The average Bonchev–Trinajstić information content (AvgIpc) is 1.97. The first-order valence-electron chi connectivity index (χ1n) is 2.91. The van der Waals surface area contributed by atoms with E-state index in [1.807, 2.05) is 0 Å². The first-order valence-corrected chi connectivity index (χ1v) is 2.91. The maximum absolute atomic E-state index is 10.5. The summed E-state index contributed by atoms with van der Waals surface area (Å²) in [5.74, 6) is -1.71. The van der Waals surface area contributed by atoms with Crippen molar-refractivity contribution in [1.29, 1.82) is 5.26 Å². The van der Waals surface area contributed by atoms with E-state index in [-0.39, 0.29) is 19.4 Å². The molecule has 0 aromatic carbocycles. The summed E-state index contributed by atoms with van der Waals surface area (Å²) in [4.78, 5) is 20.4. The van der Waals surface area contributed by atoms with Gasteiger partial charge in [0.1, 0.15) is 6.07 Å². The SMILES string of the molecule is N#CCOC(=O)CCC(=O)O. The van der Waals surface area contributed by atoms with E-state index < -0.39 is 11.9 Å². The number of esters is 1. The number of rotatable bonds is 4. The van der Waals surface area contributed by atoms with Crippen LogP contribution in [0.3, 0.4) is 0 Å². The number of ether oxygens (including phenoxy) is 1. The molecule has 0 heterocycles. The van der Waals surface area contributed by atoms with Crippen molar-refractivity contribution < 1.29 is 19.4 Å². The Morgan fingerprint density at radius 2 is 2.09 bits per heavy atom. The fraction of sp³-hybridized carbons (Fsp3) is 0.500. The fourth-order valence-corrected chi connectivity index (χ4v) is 0.394. The molecule has 5 heteroatoms. The second kappa shape index (κ2) is 5.23. The molecule has 0 aromatic rings. The number of nitrogens with zero attached hydrogens (tertiary/aromatic N) is 1. The zero-order chi connectivity index (χ0) is 8.69. The number of carbonyl (C=O) groups excluding carboxylic acids is 1. The van der Waals surface area contributed by atoms with Crippen LogP contribution in [0.15, 0.2) is 0 Å². The normalized spacial score (nSPS) is 8.27. The first-order chi connectivity index (χ1) is 5.16. The Morgan fingerprint density at radius 3 is 2.55 bits per heavy atom. The molecule has 0 radical (unpaired) electrons. The molecule has 0 amide bonds. The topological polar surface area (TPSA) is 87.4 Å². The van der Waals surface area contributed by atoms with Crippen molar-refractivity contribution in [3.8, 4) is 6.07 Å². The smallest absolute Gasteiger partial charge is 0.307 e. The van der Waals surface area contributed by atoms with Crippen LogP contribution in [-0.2, 0) is 14.3 Å². The zero-order valence-corrected chi connectivity index (χ0v) is 5.74. The first kappa shape index (κ1) is 9.43. The molecule has 60 valence electrons. The minimum Gasteiger partial charge on any atom is -0.481 e. The van der Waals surface area contributed by atoms with Crippen LogP contribution in [0.25, 0.3) is 0 Å². The lowest BCUT2D eigenvalue weighted by molar-refractivity contribution is -0.146. The van der Waals surface area contributed by atoms with Crippen molar-refractivity contribution in [2.24, 2.45) is 0 Å². The van der Waals surface area contributed by atoms with Gasteiger partial charge in [-0.1, -0.05) is 0 Å². The molecule has 0 saturated carbocycles. The van der Waals surface area contributed by atoms with Gasteiger partial charge in [0.15, 0.2) is 6.61 Å². The van der Waals surface area contributed by atoms with Crippen LogP contribution in [0.2, 0.25) is 0 Å². The summed E-state index contributed by atoms with van der Waals surface area (Å²) < 4.78 is 4.28. The molecule has 0 fully saturated rings. The average molecular weight is 157 g/mol. The van der Waals surface area contributed by atoms with Gasteiger partial charge in [-0.25, -0.2) is 0 Å². The summed E-state index contributed by atoms with van der Waals surface area (Å²) in [6.07, 6.45) is -0.443. The highest BCUT2D eigenvalue weighted by Gasteiger charge is 2.05. The molecule has 0 aliphatic rings. The van der Waals surface area contributed by atoms with Crippen LogP contribution in [0.4, 0.5) is 0 Å². The summed E-state index contributed by atoms with van der Waals surface area (Å²) in [5, 5.41) is 16.1. The van der Waals surface area contributed by atoms with Crippen LogP contribution < -0.4 is 0 Å². The number of hydrogen-bond donors (Lipinski definition) is 1. The van der Waals surface area contributed by atoms with Gasteiger partial charge in [0.2, 0.25) is 0 Å². The van der Waals surface area contributed by atoms with E-state index >= 15 is 0 Å². The standard InChI is InChI=1S/C6H7NO4/c7-3-4-11-6(10)2-1-5(8)9/h1-2,4H2,(H,8,9). The second-order valence-corrected chi connectivity index (χ2v) is 1.71. The Labute approximate surface area is 63.2 Å². The second-order valence-electron chi connectivity index (χ2n) is 1.71. The largest absolute Gasteiger partial charge is 0.481 e. The maximum atomic E-state index is 10.5. The van der Waals surface area contributed by atoms with Gasteiger partial charge in [-0.2, -0.15) is 5.26 Å². The molecule has 1 N–H and O–H groups in total. The van der Waals surface area contributed by atoms with Crippen molar-refractivity contribution in [2.45, 2.75) is 12.8 Å². The van der Waals surface area contributed by atoms with E-state index in [9.17, 15) is 9.59 Å². The molecule has 0 aliphatic carbocycles. The minimum absolute atomic E-state index is 0.184. The van der Waals surface area contributed by atoms with Crippen molar-refractivity contribution in [3.63, 3.8) is 0 Å². The molecule has 0 aromatic heterocycles. The van der Waals surface area contributed by atoms with Gasteiger partial charge in [0.05, 0.1) is 12.8 Å². The van der Waals surface area contributed by atoms with Crippen LogP contribution >= 0.6 is 0 Å². The highest BCUT2D eigenvalue weighted by atomic mass is 16.5. The predicted octanol–water partition coefficient (Wildman–Crippen LogP) is -0.0820. The summed E-state index contributed by atoms with van der Waals surface area (Å²) in [6, 6.07) is 1.60. The van der Waals surface area contributed by atoms with E-state index in [1.165, 1.54) is 0 Å². The quantitative estimate of drug-likeness (QED) is 0.576. The van der Waals surface area contributed by atoms with E-state index in [0.29, 0.717) is 0 Å². The summed E-state index contributed by atoms with van der Waals surface area (Å²) in [7, 11) is 0. The zero-order valence-electron chi connectivity index (χ0n) is 5.74. The van der Waals surface area contributed by atoms with Crippen molar-refractivity contribution in [1.82, 2.24) is 0 Å². The van der Waals surface area contributed by atoms with E-state index in [0.717, 1.165) is 0 Å². The molecule has 0 atom stereocenters. The Morgan fingerprint density at radius 1 is 1.45 bits per heavy atom. The number of nitriles is 1. The molecular formula is C6H7NO4. The van der Waals surface area contributed by atoms with Gasteiger partial charge in [-0.3, -0.25) is 9.59 Å². The number of carbonyl (C=O) groups is 2. The van der Waals surface area contributed by atoms with Gasteiger partial charge in [0, 0.05) is 0 Å². The van der Waals surface area contributed by atoms with Gasteiger partial charge in [-0.15, -0.1) is 0 Å². The number of aliphatic carboxylic acids is 1. The van der Waals surface area contributed by atoms with Crippen molar-refractivity contribution in [2.75, 3.05) is 6.61 Å². The Kier molecular flexibility index (Phi) is 4.49. The highest BCUT2D eigenvalue weighted by Crippen LogP contribution is 1.91. The Balaban J connectivity index is 3.39. The van der Waals surface area contributed by atoms with Crippen LogP contribution in [0, 0.1) is 11.3 Å². The lowest BCUT2D eigenvalue weighted by Crippen LogP contribution is -2.07. The number of carboxylic acid groups (broad SMARTS) is 1. The number of hydrogen-bond acceptors (Lipinski definition) is 4. The summed E-state index contributed by atoms with van der Waals surface area (Å²) >= 11 is 0. The van der Waals surface area contributed by atoms with Gasteiger partial charge in [-0.05, 0) is 0 Å². The molecule has 5 nitrogen and oxygen atoms in total. The molecule has 0 spiro atoms. The Hall–Kier alpha value is -1.57. The monoisotopic (exact) mass is 157 g/mol. The molecule has 0 saturated heterocycles. The third kappa shape index (κ3) is 6.31. The van der Waals surface area contributed by atoms with Crippen molar-refractivity contribution in [3.05, 3.63) is 0 Å². The molecular weight excluding hydrogens is 150 g/mol. The molecule has 0 bridgehead atoms. The highest BCUT2D eigenvalue weighted by molar-refractivity contribution is 5.76. The lowest BCUT2D eigenvalue weighted by atomic mass is 10.3. The Bertz CT molecular complexity index is 193. The van der Waals surface area contributed by atoms with E-state index in [2.05, 4.69) is 4.74 Å². The fourth-order valence-electron chi connectivity index (χ4n) is 0.394. The van der Waals surface area contributed by atoms with Gasteiger partial charge in [0.25, 0.3) is 0 Å². The van der Waals surface area contributed by atoms with E-state index in [1.54, 1.807) is 6.07 Å².